The van der Waals surface area contributed by atoms with Crippen LogP contribution in [-0.4, -0.2) is 30.9 Å². The van der Waals surface area contributed by atoms with Crippen LogP contribution in [0.1, 0.15) is 33.1 Å². The fourth-order valence-corrected chi connectivity index (χ4v) is 4.38. The van der Waals surface area contributed by atoms with E-state index in [1.807, 2.05) is 0 Å². The van der Waals surface area contributed by atoms with E-state index >= 15 is 0 Å². The summed E-state index contributed by atoms with van der Waals surface area (Å²) in [4.78, 5) is 0.0120. The summed E-state index contributed by atoms with van der Waals surface area (Å²) in [5.74, 6) is -0.173. The summed E-state index contributed by atoms with van der Waals surface area (Å²) in [5.41, 5.74) is 0.0947. The van der Waals surface area contributed by atoms with Crippen LogP contribution in [0.5, 0.6) is 5.75 Å². The number of phenolic OH excluding ortho intramolecular Hbond substituents is 1. The number of hydrogen-bond donors (Lipinski definition) is 1. The maximum Gasteiger partial charge on any atom is 0.246 e. The molecule has 5 heteroatoms. The van der Waals surface area contributed by atoms with Crippen LogP contribution < -0.4 is 0 Å². The van der Waals surface area contributed by atoms with E-state index in [4.69, 9.17) is 0 Å². The molecule has 1 heterocycles. The maximum atomic E-state index is 12.5. The number of nitrogens with zero attached hydrogens (tertiary/aromatic N) is 1. The van der Waals surface area contributed by atoms with Gasteiger partial charge >= 0.3 is 0 Å². The molecule has 0 radical (unpaired) electrons. The van der Waals surface area contributed by atoms with E-state index in [1.54, 1.807) is 12.1 Å². The molecule has 1 saturated heterocycles. The fourth-order valence-electron chi connectivity index (χ4n) is 2.74. The molecule has 1 aliphatic heterocycles. The zero-order valence-electron chi connectivity index (χ0n) is 11.5. The van der Waals surface area contributed by atoms with Crippen molar-refractivity contribution < 1.29 is 13.5 Å². The Bertz CT molecular complexity index is 550. The van der Waals surface area contributed by atoms with Crippen molar-refractivity contribution in [3.63, 3.8) is 0 Å². The van der Waals surface area contributed by atoms with Crippen molar-refractivity contribution in [3.05, 3.63) is 24.3 Å². The number of hydrogen-bond acceptors (Lipinski definition) is 3. The molecule has 0 aromatic heterocycles. The molecule has 1 N–H and O–H groups in total. The Kier molecular flexibility index (Phi) is 3.87. The highest BCUT2D eigenvalue weighted by Crippen LogP contribution is 2.40. The van der Waals surface area contributed by atoms with E-state index in [1.165, 1.54) is 16.4 Å². The van der Waals surface area contributed by atoms with E-state index in [-0.39, 0.29) is 16.1 Å². The molecule has 1 fully saturated rings. The van der Waals surface area contributed by atoms with Crippen molar-refractivity contribution in [1.82, 2.24) is 4.31 Å². The van der Waals surface area contributed by atoms with Crippen molar-refractivity contribution in [1.29, 1.82) is 0 Å². The van der Waals surface area contributed by atoms with Crippen LogP contribution in [0.2, 0.25) is 0 Å². The first-order valence-electron chi connectivity index (χ1n) is 6.73. The minimum atomic E-state index is -3.58. The van der Waals surface area contributed by atoms with Crippen LogP contribution in [0.15, 0.2) is 29.2 Å². The number of benzene rings is 1. The molecule has 0 saturated carbocycles. The highest BCUT2D eigenvalue weighted by molar-refractivity contribution is 7.89. The summed E-state index contributed by atoms with van der Waals surface area (Å²) in [6.07, 6.45) is 2.86. The fraction of sp³-hybridized carbons (Fsp3) is 0.571. The molecule has 1 aromatic carbocycles. The number of aromatic hydroxyl groups is 1. The first-order chi connectivity index (χ1) is 8.95. The van der Waals surface area contributed by atoms with Crippen LogP contribution in [0.25, 0.3) is 0 Å². The Morgan fingerprint density at radius 2 is 1.89 bits per heavy atom. The van der Waals surface area contributed by atoms with Crippen molar-refractivity contribution in [2.45, 2.75) is 38.0 Å². The van der Waals surface area contributed by atoms with Gasteiger partial charge in [0.2, 0.25) is 10.0 Å². The average Bonchev–Trinajstić information content (AvgIpc) is 2.85. The molecule has 0 bridgehead atoms. The molecule has 0 atom stereocenters. The number of rotatable bonds is 4. The highest BCUT2D eigenvalue weighted by Gasteiger charge is 2.41. The van der Waals surface area contributed by atoms with E-state index < -0.39 is 10.0 Å². The van der Waals surface area contributed by atoms with Crippen LogP contribution in [0.3, 0.4) is 0 Å². The Morgan fingerprint density at radius 1 is 1.26 bits per heavy atom. The SMILES string of the molecule is CCC1(CC)CCN(S(=O)(=O)c2ccccc2O)C1. The first kappa shape index (κ1) is 14.3. The van der Waals surface area contributed by atoms with Crippen molar-refractivity contribution >= 4 is 10.0 Å². The number of sulfonamides is 1. The lowest BCUT2D eigenvalue weighted by Crippen LogP contribution is -2.31. The largest absolute Gasteiger partial charge is 0.507 e. The Hall–Kier alpha value is -1.07. The minimum Gasteiger partial charge on any atom is -0.507 e. The normalized spacial score (nSPS) is 19.7. The average molecular weight is 283 g/mol. The Morgan fingerprint density at radius 3 is 2.42 bits per heavy atom. The summed E-state index contributed by atoms with van der Waals surface area (Å²) in [6.45, 7) is 5.31. The first-order valence-corrected chi connectivity index (χ1v) is 8.17. The summed E-state index contributed by atoms with van der Waals surface area (Å²) in [5, 5.41) is 9.75. The zero-order chi connectivity index (χ0) is 14.1. The maximum absolute atomic E-state index is 12.5. The predicted molar refractivity (Wildman–Crippen MR) is 74.5 cm³/mol. The summed E-state index contributed by atoms with van der Waals surface area (Å²) >= 11 is 0. The summed E-state index contributed by atoms with van der Waals surface area (Å²) in [7, 11) is -3.58. The number of phenols is 1. The van der Waals surface area contributed by atoms with Crippen LogP contribution in [0.4, 0.5) is 0 Å². The molecule has 1 aromatic rings. The minimum absolute atomic E-state index is 0.0120. The van der Waals surface area contributed by atoms with Gasteiger partial charge in [0, 0.05) is 13.1 Å². The quantitative estimate of drug-likeness (QED) is 0.924. The molecule has 4 nitrogen and oxygen atoms in total. The predicted octanol–water partition coefficient (Wildman–Crippen LogP) is 2.59. The molecule has 0 unspecified atom stereocenters. The van der Waals surface area contributed by atoms with Gasteiger partial charge in [0.1, 0.15) is 10.6 Å². The van der Waals surface area contributed by atoms with Crippen molar-refractivity contribution in [2.75, 3.05) is 13.1 Å². The van der Waals surface area contributed by atoms with Gasteiger partial charge in [-0.3, -0.25) is 0 Å². The van der Waals surface area contributed by atoms with Gasteiger partial charge in [-0.2, -0.15) is 4.31 Å². The molecular formula is C14H21NO3S. The van der Waals surface area contributed by atoms with Crippen molar-refractivity contribution in [2.24, 2.45) is 5.41 Å². The summed E-state index contributed by atoms with van der Waals surface area (Å²) in [6, 6.07) is 6.13. The third-order valence-electron chi connectivity index (χ3n) is 4.39. The molecule has 0 spiro atoms. The second-order valence-electron chi connectivity index (χ2n) is 5.26. The monoisotopic (exact) mass is 283 g/mol. The van der Waals surface area contributed by atoms with Crippen LogP contribution >= 0.6 is 0 Å². The smallest absolute Gasteiger partial charge is 0.246 e. The van der Waals surface area contributed by atoms with Gasteiger partial charge < -0.3 is 5.11 Å². The molecule has 2 rings (SSSR count). The van der Waals surface area contributed by atoms with Crippen LogP contribution in [-0.2, 0) is 10.0 Å². The third kappa shape index (κ3) is 2.49. The molecule has 106 valence electrons. The van der Waals surface area contributed by atoms with Gasteiger partial charge in [0.15, 0.2) is 0 Å². The van der Waals surface area contributed by atoms with E-state index in [2.05, 4.69) is 13.8 Å². The van der Waals surface area contributed by atoms with Crippen molar-refractivity contribution in [3.8, 4) is 5.75 Å². The van der Waals surface area contributed by atoms with E-state index in [9.17, 15) is 13.5 Å². The molecule has 19 heavy (non-hydrogen) atoms. The van der Waals surface area contributed by atoms with Gasteiger partial charge in [-0.25, -0.2) is 8.42 Å². The van der Waals surface area contributed by atoms with E-state index in [0.29, 0.717) is 13.1 Å². The van der Waals surface area contributed by atoms with Gasteiger partial charge in [-0.1, -0.05) is 26.0 Å². The topological polar surface area (TPSA) is 57.6 Å². The van der Waals surface area contributed by atoms with Crippen LogP contribution in [0, 0.1) is 5.41 Å². The third-order valence-corrected chi connectivity index (χ3v) is 6.28. The molecule has 0 aliphatic carbocycles. The molecule has 0 amide bonds. The second kappa shape index (κ2) is 5.13. The molecular weight excluding hydrogens is 262 g/mol. The highest BCUT2D eigenvalue weighted by atomic mass is 32.2. The molecule has 1 aliphatic rings. The lowest BCUT2D eigenvalue weighted by molar-refractivity contribution is 0.279. The van der Waals surface area contributed by atoms with Gasteiger partial charge in [0.25, 0.3) is 0 Å². The standard InChI is InChI=1S/C14H21NO3S/c1-3-14(4-2)9-10-15(11-14)19(17,18)13-8-6-5-7-12(13)16/h5-8,16H,3-4,9-11H2,1-2H3. The van der Waals surface area contributed by atoms with Gasteiger partial charge in [0.05, 0.1) is 0 Å². The summed E-state index contributed by atoms with van der Waals surface area (Å²) < 4.78 is 26.6. The zero-order valence-corrected chi connectivity index (χ0v) is 12.3. The lowest BCUT2D eigenvalue weighted by atomic mass is 9.82. The number of para-hydroxylation sites is 1. The Balaban J connectivity index is 2.31. The second-order valence-corrected chi connectivity index (χ2v) is 7.17. The van der Waals surface area contributed by atoms with E-state index in [0.717, 1.165) is 19.3 Å². The lowest BCUT2D eigenvalue weighted by Gasteiger charge is -2.26. The van der Waals surface area contributed by atoms with Gasteiger partial charge in [-0.05, 0) is 36.8 Å². The van der Waals surface area contributed by atoms with Gasteiger partial charge in [-0.15, -0.1) is 0 Å². The Labute approximate surface area is 115 Å².